The van der Waals surface area contributed by atoms with Crippen LogP contribution in [0.1, 0.15) is 111 Å². The SMILES string of the molecule is CC(=O)O[C@H]1CC[C@@]2(C)C(=C[C@H](NS(=O)(=O)c3ccc(C)cc3)[C@H]3[C@@H]4CC[C@H]([C@H](C)CCCC(C)C)[C@@]4(C)CC[C@@H]32)C1. The van der Waals surface area contributed by atoms with Gasteiger partial charge in [-0.1, -0.05) is 83.2 Å². The van der Waals surface area contributed by atoms with Crippen LogP contribution in [0.3, 0.4) is 0 Å². The van der Waals surface area contributed by atoms with Crippen molar-refractivity contribution in [3.63, 3.8) is 0 Å². The molecule has 234 valence electrons. The van der Waals surface area contributed by atoms with Crippen LogP contribution in [0, 0.1) is 53.3 Å². The average molecular weight is 598 g/mol. The number of hydrogen-bond acceptors (Lipinski definition) is 4. The van der Waals surface area contributed by atoms with Crippen molar-refractivity contribution in [1.29, 1.82) is 0 Å². The van der Waals surface area contributed by atoms with Crippen LogP contribution in [0.25, 0.3) is 0 Å². The van der Waals surface area contributed by atoms with Gasteiger partial charge in [0.1, 0.15) is 6.10 Å². The standard InChI is InChI=1S/C36H55NO4S/c1-23(2)9-8-10-25(4)30-15-16-31-34-32(18-20-36(30,31)7)35(6)19-17-28(41-26(5)38)21-27(35)22-33(34)37-42(39,40)29-13-11-24(3)12-14-29/h11-14,22-23,25,28,30-34,37H,8-10,15-21H2,1-7H3/t25-,28+,30-,31+,32+,33+,34+,35+,36-/m1/s1. The van der Waals surface area contributed by atoms with Crippen molar-refractivity contribution < 1.29 is 17.9 Å². The highest BCUT2D eigenvalue weighted by Crippen LogP contribution is 2.67. The number of aryl methyl sites for hydroxylation is 1. The van der Waals surface area contributed by atoms with E-state index in [1.165, 1.54) is 51.0 Å². The van der Waals surface area contributed by atoms with Crippen LogP contribution in [0.15, 0.2) is 40.8 Å². The maximum absolute atomic E-state index is 13.8. The minimum atomic E-state index is -3.70. The van der Waals surface area contributed by atoms with Crippen molar-refractivity contribution in [2.24, 2.45) is 46.3 Å². The van der Waals surface area contributed by atoms with Crippen LogP contribution in [0.5, 0.6) is 0 Å². The Bertz CT molecular complexity index is 1270. The molecule has 5 nitrogen and oxygen atoms in total. The second-order valence-electron chi connectivity index (χ2n) is 15.4. The number of fused-ring (bicyclic) bond motifs is 5. The van der Waals surface area contributed by atoms with Crippen molar-refractivity contribution >= 4 is 16.0 Å². The normalized spacial score (nSPS) is 36.9. The Morgan fingerprint density at radius 1 is 1.00 bits per heavy atom. The van der Waals surface area contributed by atoms with E-state index in [0.717, 1.165) is 30.7 Å². The summed E-state index contributed by atoms with van der Waals surface area (Å²) in [6, 6.07) is 6.95. The van der Waals surface area contributed by atoms with E-state index in [4.69, 9.17) is 4.74 Å². The summed E-state index contributed by atoms with van der Waals surface area (Å²) in [5.74, 6) is 3.11. The Morgan fingerprint density at radius 3 is 2.38 bits per heavy atom. The zero-order chi connectivity index (χ0) is 30.4. The van der Waals surface area contributed by atoms with Crippen LogP contribution >= 0.6 is 0 Å². The fraction of sp³-hybridized carbons (Fsp3) is 0.750. The van der Waals surface area contributed by atoms with Gasteiger partial charge in [-0.25, -0.2) is 13.1 Å². The minimum Gasteiger partial charge on any atom is -0.462 e. The maximum atomic E-state index is 13.8. The first kappa shape index (κ1) is 31.8. The number of sulfonamides is 1. The molecule has 0 aromatic heterocycles. The summed E-state index contributed by atoms with van der Waals surface area (Å²) in [5.41, 5.74) is 2.60. The molecule has 1 aromatic rings. The first-order valence-electron chi connectivity index (χ1n) is 16.7. The third kappa shape index (κ3) is 6.01. The predicted octanol–water partition coefficient (Wildman–Crippen LogP) is 8.22. The van der Waals surface area contributed by atoms with Gasteiger partial charge >= 0.3 is 5.97 Å². The zero-order valence-electron chi connectivity index (χ0n) is 27.1. The summed E-state index contributed by atoms with van der Waals surface area (Å²) in [7, 11) is -3.70. The highest BCUT2D eigenvalue weighted by molar-refractivity contribution is 7.89. The molecular weight excluding hydrogens is 542 g/mol. The van der Waals surface area contributed by atoms with E-state index in [1.807, 2.05) is 19.1 Å². The third-order valence-electron chi connectivity index (χ3n) is 12.3. The molecule has 1 aromatic carbocycles. The van der Waals surface area contributed by atoms with E-state index < -0.39 is 10.0 Å². The van der Waals surface area contributed by atoms with Crippen LogP contribution in [0.2, 0.25) is 0 Å². The first-order chi connectivity index (χ1) is 19.7. The smallest absolute Gasteiger partial charge is 0.302 e. The van der Waals surface area contributed by atoms with Gasteiger partial charge in [-0.2, -0.15) is 0 Å². The molecule has 9 atom stereocenters. The number of carbonyl (C=O) groups excluding carboxylic acids is 1. The Morgan fingerprint density at radius 2 is 1.71 bits per heavy atom. The van der Waals surface area contributed by atoms with E-state index in [9.17, 15) is 13.2 Å². The van der Waals surface area contributed by atoms with Crippen molar-refractivity contribution in [2.45, 2.75) is 130 Å². The molecule has 6 heteroatoms. The lowest BCUT2D eigenvalue weighted by atomic mass is 9.46. The fourth-order valence-corrected chi connectivity index (χ4v) is 11.3. The number of rotatable bonds is 9. The van der Waals surface area contributed by atoms with Gasteiger partial charge in [0.05, 0.1) is 4.90 Å². The van der Waals surface area contributed by atoms with Gasteiger partial charge in [-0.05, 0) is 104 Å². The second-order valence-corrected chi connectivity index (χ2v) is 17.1. The molecule has 5 rings (SSSR count). The highest BCUT2D eigenvalue weighted by atomic mass is 32.2. The molecule has 0 heterocycles. The van der Waals surface area contributed by atoms with Crippen molar-refractivity contribution in [2.75, 3.05) is 0 Å². The van der Waals surface area contributed by atoms with E-state index >= 15 is 0 Å². The average Bonchev–Trinajstić information content (AvgIpc) is 3.26. The Kier molecular flexibility index (Phi) is 9.09. The molecule has 0 spiro atoms. The molecule has 4 aliphatic rings. The molecule has 1 N–H and O–H groups in total. The number of hydrogen-bond donors (Lipinski definition) is 1. The van der Waals surface area contributed by atoms with Crippen LogP contribution in [-0.2, 0) is 19.6 Å². The third-order valence-corrected chi connectivity index (χ3v) is 13.7. The number of esters is 1. The second kappa shape index (κ2) is 12.0. The largest absolute Gasteiger partial charge is 0.462 e. The van der Waals surface area contributed by atoms with Gasteiger partial charge in [0.15, 0.2) is 0 Å². The Hall–Kier alpha value is -1.66. The van der Waals surface area contributed by atoms with E-state index in [0.29, 0.717) is 35.0 Å². The lowest BCUT2D eigenvalue weighted by Crippen LogP contribution is -2.58. The number of ether oxygens (including phenoxy) is 1. The van der Waals surface area contributed by atoms with Gasteiger partial charge in [0.25, 0.3) is 0 Å². The van der Waals surface area contributed by atoms with Crippen LogP contribution in [0.4, 0.5) is 0 Å². The summed E-state index contributed by atoms with van der Waals surface area (Å²) >= 11 is 0. The Labute approximate surface area is 255 Å². The van der Waals surface area contributed by atoms with Crippen LogP contribution < -0.4 is 4.72 Å². The topological polar surface area (TPSA) is 72.5 Å². The molecule has 0 saturated heterocycles. The first-order valence-corrected chi connectivity index (χ1v) is 18.2. The van der Waals surface area contributed by atoms with Gasteiger partial charge in [0, 0.05) is 19.4 Å². The molecule has 0 amide bonds. The lowest BCUT2D eigenvalue weighted by molar-refractivity contribution is -0.148. The number of benzene rings is 1. The van der Waals surface area contributed by atoms with Crippen molar-refractivity contribution in [3.05, 3.63) is 41.5 Å². The molecule has 42 heavy (non-hydrogen) atoms. The minimum absolute atomic E-state index is 0.0232. The maximum Gasteiger partial charge on any atom is 0.302 e. The lowest BCUT2D eigenvalue weighted by Gasteiger charge is -2.60. The molecule has 0 radical (unpaired) electrons. The van der Waals surface area contributed by atoms with E-state index in [-0.39, 0.29) is 34.9 Å². The van der Waals surface area contributed by atoms with Gasteiger partial charge in [-0.15, -0.1) is 0 Å². The molecule has 0 unspecified atom stereocenters. The van der Waals surface area contributed by atoms with E-state index in [1.54, 1.807) is 12.1 Å². The van der Waals surface area contributed by atoms with Gasteiger partial charge < -0.3 is 4.74 Å². The summed E-state index contributed by atoms with van der Waals surface area (Å²) in [6.07, 6.45) is 13.4. The molecule has 4 aliphatic carbocycles. The zero-order valence-corrected chi connectivity index (χ0v) is 27.9. The summed E-state index contributed by atoms with van der Waals surface area (Å²) in [6.45, 7) is 15.6. The van der Waals surface area contributed by atoms with Gasteiger partial charge in [0.2, 0.25) is 10.0 Å². The molecule has 3 saturated carbocycles. The fourth-order valence-electron chi connectivity index (χ4n) is 10.1. The molecular formula is C36H55NO4S. The highest BCUT2D eigenvalue weighted by Gasteiger charge is 2.61. The quantitative estimate of drug-likeness (QED) is 0.230. The summed E-state index contributed by atoms with van der Waals surface area (Å²) < 4.78 is 36.6. The summed E-state index contributed by atoms with van der Waals surface area (Å²) in [4.78, 5) is 12.2. The molecule has 0 aliphatic heterocycles. The number of nitrogens with one attached hydrogen (secondary N) is 1. The molecule has 0 bridgehead atoms. The van der Waals surface area contributed by atoms with Crippen molar-refractivity contribution in [1.82, 2.24) is 4.72 Å². The number of carbonyl (C=O) groups is 1. The monoisotopic (exact) mass is 597 g/mol. The van der Waals surface area contributed by atoms with Crippen molar-refractivity contribution in [3.8, 4) is 0 Å². The summed E-state index contributed by atoms with van der Waals surface area (Å²) in [5, 5.41) is 0. The molecule has 3 fully saturated rings. The predicted molar refractivity (Wildman–Crippen MR) is 169 cm³/mol. The van der Waals surface area contributed by atoms with Crippen LogP contribution in [-0.4, -0.2) is 26.5 Å². The van der Waals surface area contributed by atoms with Gasteiger partial charge in [-0.3, -0.25) is 4.79 Å². The van der Waals surface area contributed by atoms with E-state index in [2.05, 4.69) is 45.4 Å². The Balaban J connectivity index is 1.48.